The van der Waals surface area contributed by atoms with Crippen LogP contribution in [0.5, 0.6) is 11.5 Å². The van der Waals surface area contributed by atoms with E-state index >= 15 is 0 Å². The maximum Gasteiger partial charge on any atom is 0.268 e. The van der Waals surface area contributed by atoms with Crippen molar-refractivity contribution in [3.05, 3.63) is 94.7 Å². The third-order valence-electron chi connectivity index (χ3n) is 7.09. The Bertz CT molecular complexity index is 1450. The van der Waals surface area contributed by atoms with E-state index in [1.54, 1.807) is 12.1 Å². The fraction of sp³-hybridized carbons (Fsp3) is 0.344. The molecule has 0 aliphatic heterocycles. The lowest BCUT2D eigenvalue weighted by Gasteiger charge is -2.18. The van der Waals surface area contributed by atoms with E-state index in [4.69, 9.17) is 4.74 Å². The number of ether oxygens (including phenoxy) is 1. The number of nitrogens with zero attached hydrogens (tertiary/aromatic N) is 1. The van der Waals surface area contributed by atoms with Gasteiger partial charge < -0.3 is 35.3 Å². The summed E-state index contributed by atoms with van der Waals surface area (Å²) >= 11 is 0. The van der Waals surface area contributed by atoms with Gasteiger partial charge in [-0.15, -0.1) is 0 Å². The highest BCUT2D eigenvalue weighted by atomic mass is 16.5. The van der Waals surface area contributed by atoms with E-state index in [0.717, 1.165) is 34.2 Å². The molecule has 1 amide bonds. The predicted octanol–water partition coefficient (Wildman–Crippen LogP) is 4.44. The van der Waals surface area contributed by atoms with Gasteiger partial charge in [-0.3, -0.25) is 4.79 Å². The summed E-state index contributed by atoms with van der Waals surface area (Å²) in [6.07, 6.45) is -0.0244. The number of fused-ring (bicyclic) bond motifs is 1. The summed E-state index contributed by atoms with van der Waals surface area (Å²) in [6, 6.07) is 20.8. The number of aryl methyl sites for hydroxylation is 1. The molecule has 2 atom stereocenters. The standard InChI is InChI=1S/C32H39N3O5/c1-4-35-27-12-10-22(14-21(3)33-19-30(38)23-11-13-29(37)26(16-23)20-36)15-25(27)17-28(35)32(39)34-18-24-8-6-7-9-31(24)40-5-2/h6-13,15-17,21,30,33,36-38H,4-5,14,18-20H2,1-3H3,(H,34,39)/t21-,30-/m1/s1. The number of hydrogen-bond donors (Lipinski definition) is 5. The van der Waals surface area contributed by atoms with Crippen LogP contribution in [0.4, 0.5) is 0 Å². The number of carbonyl (C=O) groups excluding carboxylic acids is 1. The van der Waals surface area contributed by atoms with E-state index in [1.165, 1.54) is 6.07 Å². The first kappa shape index (κ1) is 29.1. The third-order valence-corrected chi connectivity index (χ3v) is 7.09. The Labute approximate surface area is 235 Å². The quantitative estimate of drug-likeness (QED) is 0.170. The number of para-hydroxylation sites is 1. The van der Waals surface area contributed by atoms with Crippen LogP contribution in [0.25, 0.3) is 10.9 Å². The predicted molar refractivity (Wildman–Crippen MR) is 157 cm³/mol. The summed E-state index contributed by atoms with van der Waals surface area (Å²) in [6.45, 7) is 7.70. The van der Waals surface area contributed by atoms with Crippen molar-refractivity contribution >= 4 is 16.8 Å². The molecule has 40 heavy (non-hydrogen) atoms. The van der Waals surface area contributed by atoms with Gasteiger partial charge in [-0.25, -0.2) is 0 Å². The number of carbonyl (C=O) groups is 1. The summed E-state index contributed by atoms with van der Waals surface area (Å²) in [5.74, 6) is 0.660. The topological polar surface area (TPSA) is 116 Å². The van der Waals surface area contributed by atoms with E-state index in [2.05, 4.69) is 35.8 Å². The molecule has 0 saturated heterocycles. The molecule has 4 aromatic rings. The maximum absolute atomic E-state index is 13.2. The number of aromatic hydroxyl groups is 1. The van der Waals surface area contributed by atoms with Crippen molar-refractivity contribution in [1.29, 1.82) is 0 Å². The highest BCUT2D eigenvalue weighted by molar-refractivity contribution is 5.99. The number of hydrogen-bond acceptors (Lipinski definition) is 6. The zero-order valence-corrected chi connectivity index (χ0v) is 23.4. The first-order chi connectivity index (χ1) is 19.3. The molecule has 0 bridgehead atoms. The lowest BCUT2D eigenvalue weighted by atomic mass is 10.0. The molecular formula is C32H39N3O5. The fourth-order valence-electron chi connectivity index (χ4n) is 4.98. The second-order valence-corrected chi connectivity index (χ2v) is 9.97. The van der Waals surface area contributed by atoms with Crippen LogP contribution in [0.15, 0.2) is 66.7 Å². The molecule has 1 aromatic heterocycles. The van der Waals surface area contributed by atoms with Crippen LogP contribution in [0, 0.1) is 0 Å². The highest BCUT2D eigenvalue weighted by Crippen LogP contribution is 2.24. The molecule has 0 aliphatic carbocycles. The number of phenols is 1. The van der Waals surface area contributed by atoms with Crippen molar-refractivity contribution < 1.29 is 24.9 Å². The van der Waals surface area contributed by atoms with E-state index in [1.807, 2.05) is 48.7 Å². The highest BCUT2D eigenvalue weighted by Gasteiger charge is 2.17. The van der Waals surface area contributed by atoms with E-state index < -0.39 is 6.10 Å². The molecule has 0 radical (unpaired) electrons. The Balaban J connectivity index is 1.40. The number of amides is 1. The van der Waals surface area contributed by atoms with Crippen LogP contribution < -0.4 is 15.4 Å². The Morgan fingerprint density at radius 3 is 2.58 bits per heavy atom. The normalized spacial score (nSPS) is 12.8. The number of aliphatic hydroxyl groups excluding tert-OH is 2. The zero-order valence-electron chi connectivity index (χ0n) is 23.4. The molecular weight excluding hydrogens is 506 g/mol. The minimum absolute atomic E-state index is 0.0135. The van der Waals surface area contributed by atoms with Gasteiger partial charge in [0.15, 0.2) is 0 Å². The second kappa shape index (κ2) is 13.5. The smallest absolute Gasteiger partial charge is 0.268 e. The van der Waals surface area contributed by atoms with Crippen LogP contribution in [0.1, 0.15) is 59.6 Å². The van der Waals surface area contributed by atoms with Gasteiger partial charge in [0.05, 0.1) is 19.3 Å². The van der Waals surface area contributed by atoms with Gasteiger partial charge >= 0.3 is 0 Å². The van der Waals surface area contributed by atoms with Crippen LogP contribution in [-0.2, 0) is 26.1 Å². The average Bonchev–Trinajstić information content (AvgIpc) is 3.33. The van der Waals surface area contributed by atoms with Crippen LogP contribution in [0.3, 0.4) is 0 Å². The molecule has 5 N–H and O–H groups in total. The molecule has 0 aliphatic rings. The molecule has 8 heteroatoms. The molecule has 0 fully saturated rings. The number of nitrogens with one attached hydrogen (secondary N) is 2. The van der Waals surface area contributed by atoms with Crippen LogP contribution >= 0.6 is 0 Å². The Morgan fingerprint density at radius 2 is 1.82 bits per heavy atom. The van der Waals surface area contributed by atoms with Gasteiger partial charge in [0, 0.05) is 47.7 Å². The van der Waals surface area contributed by atoms with Gasteiger partial charge in [0.1, 0.15) is 17.2 Å². The van der Waals surface area contributed by atoms with Crippen LogP contribution in [0.2, 0.25) is 0 Å². The number of benzene rings is 3. The van der Waals surface area contributed by atoms with Crippen molar-refractivity contribution in [3.8, 4) is 11.5 Å². The first-order valence-electron chi connectivity index (χ1n) is 13.8. The Kier molecular flexibility index (Phi) is 9.82. The van der Waals surface area contributed by atoms with E-state index in [9.17, 15) is 20.1 Å². The molecule has 0 spiro atoms. The second-order valence-electron chi connectivity index (χ2n) is 9.97. The zero-order chi connectivity index (χ0) is 28.6. The minimum atomic E-state index is -0.768. The molecule has 3 aromatic carbocycles. The van der Waals surface area contributed by atoms with Gasteiger partial charge in [-0.1, -0.05) is 30.3 Å². The molecule has 8 nitrogen and oxygen atoms in total. The third kappa shape index (κ3) is 6.83. The SMILES string of the molecule is CCOc1ccccc1CNC(=O)c1cc2cc(C[C@@H](C)NC[C@@H](O)c3ccc(O)c(CO)c3)ccc2n1CC. The summed E-state index contributed by atoms with van der Waals surface area (Å²) in [5, 5.41) is 37.1. The van der Waals surface area contributed by atoms with Crippen molar-refractivity contribution in [1.82, 2.24) is 15.2 Å². The molecule has 4 rings (SSSR count). The van der Waals surface area contributed by atoms with E-state index in [-0.39, 0.29) is 24.3 Å². The van der Waals surface area contributed by atoms with E-state index in [0.29, 0.717) is 43.1 Å². The lowest BCUT2D eigenvalue weighted by Crippen LogP contribution is -2.32. The lowest BCUT2D eigenvalue weighted by molar-refractivity contribution is 0.0942. The summed E-state index contributed by atoms with van der Waals surface area (Å²) < 4.78 is 7.71. The molecule has 212 valence electrons. The summed E-state index contributed by atoms with van der Waals surface area (Å²) in [4.78, 5) is 13.2. The molecule has 0 unspecified atom stereocenters. The average molecular weight is 546 g/mol. The summed E-state index contributed by atoms with van der Waals surface area (Å²) in [5.41, 5.74) is 4.71. The Morgan fingerprint density at radius 1 is 1.02 bits per heavy atom. The van der Waals surface area contributed by atoms with Gasteiger partial charge in [-0.05, 0) is 74.7 Å². The first-order valence-corrected chi connectivity index (χ1v) is 13.8. The number of rotatable bonds is 13. The number of aliphatic hydroxyl groups is 2. The van der Waals surface area contributed by atoms with Gasteiger partial charge in [0.25, 0.3) is 5.91 Å². The van der Waals surface area contributed by atoms with Crippen LogP contribution in [-0.4, -0.2) is 45.0 Å². The van der Waals surface area contributed by atoms with Crippen molar-refractivity contribution in [3.63, 3.8) is 0 Å². The Hall–Kier alpha value is -3.85. The van der Waals surface area contributed by atoms with Gasteiger partial charge in [-0.2, -0.15) is 0 Å². The van der Waals surface area contributed by atoms with Crippen molar-refractivity contribution in [2.45, 2.75) is 59.0 Å². The summed E-state index contributed by atoms with van der Waals surface area (Å²) in [7, 11) is 0. The maximum atomic E-state index is 13.2. The van der Waals surface area contributed by atoms with Gasteiger partial charge in [0.2, 0.25) is 0 Å². The largest absolute Gasteiger partial charge is 0.508 e. The van der Waals surface area contributed by atoms with Crippen molar-refractivity contribution in [2.75, 3.05) is 13.2 Å². The monoisotopic (exact) mass is 545 g/mol. The molecule has 0 saturated carbocycles. The molecule has 1 heterocycles. The minimum Gasteiger partial charge on any atom is -0.508 e. The number of aromatic nitrogens is 1. The van der Waals surface area contributed by atoms with Crippen molar-refractivity contribution in [2.24, 2.45) is 0 Å². The fourth-order valence-corrected chi connectivity index (χ4v) is 4.98.